The molecule has 0 radical (unpaired) electrons. The van der Waals surface area contributed by atoms with E-state index < -0.39 is 6.23 Å². The topological polar surface area (TPSA) is 70.5 Å². The summed E-state index contributed by atoms with van der Waals surface area (Å²) >= 11 is 1.19. The van der Waals surface area contributed by atoms with Crippen molar-refractivity contribution in [3.8, 4) is 11.6 Å². The van der Waals surface area contributed by atoms with Crippen LogP contribution in [0.25, 0.3) is 5.57 Å². The van der Waals surface area contributed by atoms with E-state index in [9.17, 15) is 4.79 Å². The highest BCUT2D eigenvalue weighted by Gasteiger charge is 2.40. The van der Waals surface area contributed by atoms with Crippen molar-refractivity contribution in [1.82, 2.24) is 8.75 Å². The van der Waals surface area contributed by atoms with Crippen LogP contribution in [0.1, 0.15) is 115 Å². The number of nitrogens with zero attached hydrogens (tertiary/aromatic N) is 3. The highest BCUT2D eigenvalue weighted by atomic mass is 127. The van der Waals surface area contributed by atoms with Crippen molar-refractivity contribution in [2.45, 2.75) is 104 Å². The van der Waals surface area contributed by atoms with Crippen molar-refractivity contribution in [2.24, 2.45) is 0 Å². The summed E-state index contributed by atoms with van der Waals surface area (Å²) in [6.45, 7) is 6.63. The number of hydrogen-bond acceptors (Lipinski definition) is 7. The second kappa shape index (κ2) is 19.5. The Morgan fingerprint density at radius 1 is 0.951 bits per heavy atom. The third-order valence-electron chi connectivity index (χ3n) is 7.76. The van der Waals surface area contributed by atoms with Gasteiger partial charge in [0.15, 0.2) is 0 Å². The van der Waals surface area contributed by atoms with E-state index in [2.05, 4.69) is 35.7 Å². The average molecular weight is 700 g/mol. The number of benzene rings is 1. The zero-order valence-electron chi connectivity index (χ0n) is 25.5. The number of quaternary nitrogens is 1. The van der Waals surface area contributed by atoms with Gasteiger partial charge in [-0.2, -0.15) is 4.37 Å². The minimum absolute atomic E-state index is 0. The van der Waals surface area contributed by atoms with Gasteiger partial charge in [0.1, 0.15) is 18.0 Å². The fourth-order valence-corrected chi connectivity index (χ4v) is 5.87. The number of likely N-dealkylation sites (N-methyl/N-ethyl adjacent to an activating group) is 1. The van der Waals surface area contributed by atoms with Gasteiger partial charge in [-0.05, 0) is 37.1 Å². The van der Waals surface area contributed by atoms with Crippen LogP contribution in [-0.2, 0) is 9.53 Å². The molecule has 0 aliphatic carbocycles. The molecule has 2 atom stereocenters. The fraction of sp³-hybridized carbons (Fsp3) is 0.656. The maximum Gasteiger partial charge on any atom is 0.310 e. The van der Waals surface area contributed by atoms with E-state index >= 15 is 0 Å². The summed E-state index contributed by atoms with van der Waals surface area (Å²) in [5, 5.41) is 0. The number of rotatable bonds is 19. The van der Waals surface area contributed by atoms with E-state index in [1.807, 2.05) is 24.3 Å². The van der Waals surface area contributed by atoms with Gasteiger partial charge in [0.2, 0.25) is 0 Å². The molecule has 7 nitrogen and oxygen atoms in total. The summed E-state index contributed by atoms with van der Waals surface area (Å²) in [6, 6.07) is 7.91. The Labute approximate surface area is 269 Å². The first-order valence-electron chi connectivity index (χ1n) is 15.3. The van der Waals surface area contributed by atoms with Crippen molar-refractivity contribution in [3.05, 3.63) is 41.6 Å². The number of esters is 1. The van der Waals surface area contributed by atoms with E-state index in [1.165, 1.54) is 56.7 Å². The van der Waals surface area contributed by atoms with Crippen molar-refractivity contribution in [3.63, 3.8) is 0 Å². The number of aromatic nitrogens is 2. The van der Waals surface area contributed by atoms with Crippen LogP contribution in [0.15, 0.2) is 30.3 Å². The minimum atomic E-state index is -0.420. The average Bonchev–Trinajstić information content (AvgIpc) is 3.44. The second-order valence-corrected chi connectivity index (χ2v) is 11.7. The van der Waals surface area contributed by atoms with E-state index in [0.717, 1.165) is 61.2 Å². The Balaban J connectivity index is 0.00000588. The molecule has 2 aromatic rings. The summed E-state index contributed by atoms with van der Waals surface area (Å²) < 4.78 is 27.4. The van der Waals surface area contributed by atoms with Crippen LogP contribution in [0.4, 0.5) is 0 Å². The van der Waals surface area contributed by atoms with Crippen LogP contribution in [0, 0.1) is 0 Å². The molecule has 41 heavy (non-hydrogen) atoms. The molecule has 230 valence electrons. The lowest BCUT2D eigenvalue weighted by Gasteiger charge is -2.42. The Morgan fingerprint density at radius 2 is 1.61 bits per heavy atom. The molecule has 9 heteroatoms. The van der Waals surface area contributed by atoms with Crippen LogP contribution in [0.5, 0.6) is 11.6 Å². The van der Waals surface area contributed by atoms with Gasteiger partial charge in [0.25, 0.3) is 12.1 Å². The number of halogens is 1. The molecule has 1 aliphatic heterocycles. The van der Waals surface area contributed by atoms with E-state index in [1.54, 1.807) is 7.11 Å². The molecule has 0 bridgehead atoms. The number of hydrogen-bond donors (Lipinski definition) is 0. The van der Waals surface area contributed by atoms with Crippen LogP contribution >= 0.6 is 11.7 Å². The Morgan fingerprint density at radius 3 is 2.29 bits per heavy atom. The number of carbonyl (C=O) groups is 1. The summed E-state index contributed by atoms with van der Waals surface area (Å²) in [5.74, 6) is 1.28. The van der Waals surface area contributed by atoms with Gasteiger partial charge in [0, 0.05) is 18.4 Å². The lowest BCUT2D eigenvalue weighted by molar-refractivity contribution is -0.953. The quantitative estimate of drug-likeness (QED) is 0.0878. The predicted octanol–water partition coefficient (Wildman–Crippen LogP) is 5.13. The highest BCUT2D eigenvalue weighted by molar-refractivity contribution is 6.99. The summed E-state index contributed by atoms with van der Waals surface area (Å²) in [7, 11) is 3.84. The van der Waals surface area contributed by atoms with Crippen molar-refractivity contribution in [1.29, 1.82) is 0 Å². The number of methoxy groups -OCH3 is 1. The van der Waals surface area contributed by atoms with Crippen LogP contribution in [0.2, 0.25) is 0 Å². The summed E-state index contributed by atoms with van der Waals surface area (Å²) in [6.07, 6.45) is 15.9. The monoisotopic (exact) mass is 699 g/mol. The molecule has 3 rings (SSSR count). The zero-order valence-corrected chi connectivity index (χ0v) is 28.5. The van der Waals surface area contributed by atoms with E-state index in [4.69, 9.17) is 14.2 Å². The van der Waals surface area contributed by atoms with Crippen LogP contribution in [0.3, 0.4) is 0 Å². The first kappa shape index (κ1) is 35.5. The highest BCUT2D eigenvalue weighted by Crippen LogP contribution is 2.37. The first-order valence-corrected chi connectivity index (χ1v) is 16.1. The smallest absolute Gasteiger partial charge is 0.310 e. The number of ether oxygens (including phenoxy) is 3. The molecule has 1 aromatic heterocycles. The third-order valence-corrected chi connectivity index (χ3v) is 8.27. The lowest BCUT2D eigenvalue weighted by Crippen LogP contribution is -3.00. The molecule has 0 saturated carbocycles. The molecule has 0 saturated heterocycles. The van der Waals surface area contributed by atoms with Crippen molar-refractivity contribution in [2.75, 3.05) is 33.9 Å². The molecule has 2 heterocycles. The largest absolute Gasteiger partial charge is 1.00 e. The molecule has 1 aliphatic rings. The zero-order chi connectivity index (χ0) is 28.6. The molecule has 1 aromatic carbocycles. The van der Waals surface area contributed by atoms with Crippen molar-refractivity contribution < 1.29 is 47.5 Å². The predicted molar refractivity (Wildman–Crippen MR) is 162 cm³/mol. The molecular weight excluding hydrogens is 649 g/mol. The van der Waals surface area contributed by atoms with E-state index in [-0.39, 0.29) is 29.9 Å². The SMILES string of the molecule is CCCCCCCCCC(=O)OC(c1ccc(OC)cc1)[N+]1(C)CCC=C(c2nsnc2OCCCCCC)C1.[I-]. The lowest BCUT2D eigenvalue weighted by atomic mass is 10.0. The minimum Gasteiger partial charge on any atom is -1.00 e. The van der Waals surface area contributed by atoms with E-state index in [0.29, 0.717) is 29.9 Å². The van der Waals surface area contributed by atoms with Gasteiger partial charge in [0.05, 0.1) is 44.6 Å². The number of carbonyl (C=O) groups excluding carboxylic acids is 1. The van der Waals surface area contributed by atoms with Gasteiger partial charge in [-0.25, -0.2) is 0 Å². The second-order valence-electron chi connectivity index (χ2n) is 11.2. The Bertz CT molecular complexity index is 1050. The van der Waals surface area contributed by atoms with Crippen LogP contribution < -0.4 is 33.5 Å². The molecule has 2 unspecified atom stereocenters. The molecule has 0 N–H and O–H groups in total. The first-order chi connectivity index (χ1) is 19.5. The van der Waals surface area contributed by atoms with Gasteiger partial charge in [-0.1, -0.05) is 77.7 Å². The van der Waals surface area contributed by atoms with Crippen LogP contribution in [-0.4, -0.2) is 53.1 Å². The third kappa shape index (κ3) is 11.5. The summed E-state index contributed by atoms with van der Waals surface area (Å²) in [5.41, 5.74) is 2.90. The standard InChI is InChI=1S/C32H50N3O4S.HI/c1-5-7-9-11-12-13-14-18-29(36)39-32(26-19-21-28(37-4)22-20-26)35(3)23-16-17-27(25-35)30-31(34-40-33-30)38-24-15-10-8-6-2;/h17,19-22,32H,5-16,18,23-25H2,1-4H3;1H/q+1;/p-1. The van der Waals surface area contributed by atoms with Gasteiger partial charge in [-0.3, -0.25) is 9.28 Å². The normalized spacial score (nSPS) is 17.3. The molecular formula is C32H50IN3O4S. The Hall–Kier alpha value is -1.72. The number of unbranched alkanes of at least 4 members (excludes halogenated alkanes) is 9. The van der Waals surface area contributed by atoms with Gasteiger partial charge >= 0.3 is 5.97 Å². The van der Waals surface area contributed by atoms with Gasteiger partial charge in [-0.15, -0.1) is 4.37 Å². The Kier molecular flexibility index (Phi) is 16.8. The van der Waals surface area contributed by atoms with Gasteiger partial charge < -0.3 is 38.2 Å². The maximum absolute atomic E-state index is 13.1. The summed E-state index contributed by atoms with van der Waals surface area (Å²) in [4.78, 5) is 13.1. The maximum atomic E-state index is 13.1. The molecule has 0 spiro atoms. The van der Waals surface area contributed by atoms with Crippen molar-refractivity contribution >= 4 is 23.3 Å². The molecule has 0 fully saturated rings. The molecule has 0 amide bonds. The fourth-order valence-electron chi connectivity index (χ4n) is 5.34.